The number of nitrogens with one attached hydrogen (secondary N) is 3. The van der Waals surface area contributed by atoms with Gasteiger partial charge in [-0.05, 0) is 42.2 Å². The molecule has 1 saturated heterocycles. The molecule has 5 rings (SSSR count). The number of carbonyl (C=O) groups is 3. The second-order valence-corrected chi connectivity index (χ2v) is 10.2. The summed E-state index contributed by atoms with van der Waals surface area (Å²) in [5.74, 6) is -4.44. The second kappa shape index (κ2) is 9.97. The average Bonchev–Trinajstić information content (AvgIpc) is 3.64. The normalized spacial score (nSPS) is 17.0. The van der Waals surface area contributed by atoms with Gasteiger partial charge in [0, 0.05) is 39.1 Å². The van der Waals surface area contributed by atoms with Gasteiger partial charge in [0.25, 0.3) is 11.8 Å². The minimum atomic E-state index is -3.14. The fourth-order valence-electron chi connectivity index (χ4n) is 4.92. The van der Waals surface area contributed by atoms with Gasteiger partial charge >= 0.3 is 0 Å². The van der Waals surface area contributed by atoms with Crippen LogP contribution in [0.25, 0.3) is 11.1 Å². The third-order valence-electron chi connectivity index (χ3n) is 6.85. The van der Waals surface area contributed by atoms with Crippen molar-refractivity contribution in [2.75, 3.05) is 13.1 Å². The number of alkyl halides is 2. The molecule has 1 aliphatic heterocycles. The fourth-order valence-corrected chi connectivity index (χ4v) is 5.75. The molecule has 1 atom stereocenters. The number of thiophene rings is 1. The lowest BCUT2D eigenvalue weighted by Crippen LogP contribution is -2.48. The molecule has 5 N–H and O–H groups in total. The zero-order valence-corrected chi connectivity index (χ0v) is 21.0. The molecular weight excluding hydrogens is 512 g/mol. The largest absolute Gasteiger partial charge is 0.384 e. The van der Waals surface area contributed by atoms with Crippen molar-refractivity contribution in [1.82, 2.24) is 15.5 Å². The van der Waals surface area contributed by atoms with Crippen LogP contribution in [0.2, 0.25) is 0 Å². The highest BCUT2D eigenvalue weighted by molar-refractivity contribution is 7.10. The van der Waals surface area contributed by atoms with Crippen molar-refractivity contribution in [3.05, 3.63) is 81.0 Å². The van der Waals surface area contributed by atoms with Gasteiger partial charge in [-0.2, -0.15) is 8.78 Å². The number of halogens is 2. The van der Waals surface area contributed by atoms with Gasteiger partial charge in [0.05, 0.1) is 13.1 Å². The van der Waals surface area contributed by atoms with Crippen LogP contribution < -0.4 is 16.4 Å². The van der Waals surface area contributed by atoms with Gasteiger partial charge in [-0.1, -0.05) is 30.3 Å². The molecule has 3 aromatic rings. The number of hydrogen-bond acceptors (Lipinski definition) is 5. The maximum atomic E-state index is 14.8. The first-order valence-electron chi connectivity index (χ1n) is 12.1. The van der Waals surface area contributed by atoms with Crippen LogP contribution in [0, 0.1) is 5.41 Å². The number of carbonyl (C=O) groups excluding carboxylic acids is 3. The number of nitrogens with zero attached hydrogens (tertiary/aromatic N) is 1. The van der Waals surface area contributed by atoms with Gasteiger partial charge in [0.1, 0.15) is 11.9 Å². The van der Waals surface area contributed by atoms with Crippen LogP contribution in [0.3, 0.4) is 0 Å². The van der Waals surface area contributed by atoms with Gasteiger partial charge < -0.3 is 21.3 Å². The molecule has 1 aliphatic carbocycles. The Morgan fingerprint density at radius 2 is 1.82 bits per heavy atom. The van der Waals surface area contributed by atoms with E-state index in [4.69, 9.17) is 11.1 Å². The lowest BCUT2D eigenvalue weighted by molar-refractivity contribution is -0.137. The van der Waals surface area contributed by atoms with Crippen molar-refractivity contribution in [2.24, 2.45) is 5.73 Å². The van der Waals surface area contributed by atoms with E-state index in [0.29, 0.717) is 36.1 Å². The van der Waals surface area contributed by atoms with Crippen molar-refractivity contribution in [1.29, 1.82) is 5.41 Å². The summed E-state index contributed by atoms with van der Waals surface area (Å²) >= 11 is 1.38. The van der Waals surface area contributed by atoms with Crippen LogP contribution in [-0.4, -0.2) is 47.6 Å². The number of fused-ring (bicyclic) bond motifs is 3. The Morgan fingerprint density at radius 3 is 2.58 bits per heavy atom. The van der Waals surface area contributed by atoms with Crippen molar-refractivity contribution < 1.29 is 23.2 Å². The van der Waals surface area contributed by atoms with Gasteiger partial charge in [-0.3, -0.25) is 19.8 Å². The Balaban J connectivity index is 1.19. The molecule has 11 heteroatoms. The number of amides is 3. The SMILES string of the molecule is N=C(N)c1csc(CNC(=O)C2CCCN2C(=O)CNC(=O)c2ccc3c(c2)-c2ccccc2C3(F)F)c1. The average molecular weight is 538 g/mol. The fraction of sp³-hybridized carbons (Fsp3) is 0.259. The van der Waals surface area contributed by atoms with Crippen LogP contribution in [-0.2, 0) is 22.1 Å². The molecule has 3 amide bonds. The third kappa shape index (κ3) is 4.65. The maximum Gasteiger partial charge on any atom is 0.299 e. The maximum absolute atomic E-state index is 14.8. The van der Waals surface area contributed by atoms with Crippen LogP contribution in [0.1, 0.15) is 44.8 Å². The van der Waals surface area contributed by atoms with Crippen molar-refractivity contribution in [2.45, 2.75) is 31.4 Å². The van der Waals surface area contributed by atoms with Crippen LogP contribution >= 0.6 is 11.3 Å². The number of nitrogens with two attached hydrogens (primary N) is 1. The Labute approximate surface area is 221 Å². The first-order valence-corrected chi connectivity index (χ1v) is 12.9. The number of nitrogen functional groups attached to an aromatic ring is 1. The van der Waals surface area contributed by atoms with Gasteiger partial charge in [-0.15, -0.1) is 11.3 Å². The highest BCUT2D eigenvalue weighted by Gasteiger charge is 2.44. The molecule has 8 nitrogen and oxygen atoms in total. The molecule has 0 saturated carbocycles. The van der Waals surface area contributed by atoms with Crippen LogP contribution in [0.4, 0.5) is 8.78 Å². The van der Waals surface area contributed by atoms with Crippen molar-refractivity contribution >= 4 is 34.9 Å². The molecule has 1 unspecified atom stereocenters. The lowest BCUT2D eigenvalue weighted by Gasteiger charge is -2.24. The molecule has 2 heterocycles. The predicted molar refractivity (Wildman–Crippen MR) is 139 cm³/mol. The molecule has 2 aliphatic rings. The number of likely N-dealkylation sites (tertiary alicyclic amines) is 1. The molecule has 0 bridgehead atoms. The van der Waals surface area contributed by atoms with Gasteiger partial charge in [-0.25, -0.2) is 0 Å². The minimum absolute atomic E-state index is 0.0453. The van der Waals surface area contributed by atoms with E-state index >= 15 is 0 Å². The third-order valence-corrected chi connectivity index (χ3v) is 7.79. The van der Waals surface area contributed by atoms with E-state index in [1.807, 2.05) is 0 Å². The molecule has 1 aromatic heterocycles. The predicted octanol–water partition coefficient (Wildman–Crippen LogP) is 3.19. The van der Waals surface area contributed by atoms with E-state index in [2.05, 4.69) is 10.6 Å². The van der Waals surface area contributed by atoms with Gasteiger partial charge in [0.2, 0.25) is 11.8 Å². The summed E-state index contributed by atoms with van der Waals surface area (Å²) in [5, 5.41) is 14.6. The number of rotatable bonds is 7. The molecule has 0 spiro atoms. The summed E-state index contributed by atoms with van der Waals surface area (Å²) < 4.78 is 29.6. The van der Waals surface area contributed by atoms with Crippen LogP contribution in [0.5, 0.6) is 0 Å². The highest BCUT2D eigenvalue weighted by Crippen LogP contribution is 2.50. The Bertz CT molecular complexity index is 1450. The van der Waals surface area contributed by atoms with Crippen molar-refractivity contribution in [3.8, 4) is 11.1 Å². The number of amidine groups is 1. The van der Waals surface area contributed by atoms with E-state index in [-0.39, 0.29) is 41.5 Å². The molecular formula is C27H25F2N5O3S. The first kappa shape index (κ1) is 25.5. The van der Waals surface area contributed by atoms with E-state index in [0.717, 1.165) is 4.88 Å². The lowest BCUT2D eigenvalue weighted by atomic mass is 10.0. The highest BCUT2D eigenvalue weighted by atomic mass is 32.1. The van der Waals surface area contributed by atoms with Crippen LogP contribution in [0.15, 0.2) is 53.9 Å². The summed E-state index contributed by atoms with van der Waals surface area (Å²) in [7, 11) is 0. The summed E-state index contributed by atoms with van der Waals surface area (Å²) in [5.41, 5.74) is 6.65. The topological polar surface area (TPSA) is 128 Å². The molecule has 2 aromatic carbocycles. The van der Waals surface area contributed by atoms with Crippen molar-refractivity contribution in [3.63, 3.8) is 0 Å². The molecule has 196 valence electrons. The van der Waals surface area contributed by atoms with E-state index in [1.54, 1.807) is 29.6 Å². The van der Waals surface area contributed by atoms with E-state index in [1.165, 1.54) is 40.5 Å². The standard InChI is InChI=1S/C27H25F2N5O3S/c28-27(29)20-5-2-1-4-18(20)19-11-15(7-8-21(19)27)25(36)33-13-23(35)34-9-3-6-22(34)26(37)32-12-17-10-16(14-38-17)24(30)31/h1-2,4-5,7-8,10-11,14,22H,3,6,9,12-13H2,(H3,30,31)(H,32,37)(H,33,36). The Morgan fingerprint density at radius 1 is 1.05 bits per heavy atom. The summed E-state index contributed by atoms with van der Waals surface area (Å²) in [6.45, 7) is 0.330. The van der Waals surface area contributed by atoms with E-state index < -0.39 is 23.8 Å². The molecule has 38 heavy (non-hydrogen) atoms. The van der Waals surface area contributed by atoms with Gasteiger partial charge in [0.15, 0.2) is 0 Å². The molecule has 0 radical (unpaired) electrons. The number of hydrogen-bond donors (Lipinski definition) is 4. The monoisotopic (exact) mass is 537 g/mol. The van der Waals surface area contributed by atoms with E-state index in [9.17, 15) is 23.2 Å². The summed E-state index contributed by atoms with van der Waals surface area (Å²) in [6.07, 6.45) is 1.16. The Kier molecular flexibility index (Phi) is 6.70. The first-order chi connectivity index (χ1) is 18.2. The smallest absolute Gasteiger partial charge is 0.299 e. The molecule has 1 fully saturated rings. The summed E-state index contributed by atoms with van der Waals surface area (Å²) in [4.78, 5) is 40.7. The quantitative estimate of drug-likeness (QED) is 0.273. The zero-order chi connectivity index (χ0) is 27.0. The number of benzene rings is 2. The Hall–Kier alpha value is -4.12. The zero-order valence-electron chi connectivity index (χ0n) is 20.2. The summed E-state index contributed by atoms with van der Waals surface area (Å²) in [6, 6.07) is 11.3. The minimum Gasteiger partial charge on any atom is -0.384 e. The second-order valence-electron chi connectivity index (χ2n) is 9.24.